The standard InChI is InChI=1S/C13H14BrFN2O/c14-13-3-9(5-16)1-2-10(13)6-17-7-11(15)4-12(17)8-18/h1-3,11-12,18H,4,6-8H2/t11-,12-/m0/s1. The molecular formula is C13H14BrFN2O. The van der Waals surface area contributed by atoms with Crippen molar-refractivity contribution in [3.05, 3.63) is 33.8 Å². The first kappa shape index (κ1) is 13.5. The molecular weight excluding hydrogens is 299 g/mol. The zero-order valence-corrected chi connectivity index (χ0v) is 11.4. The van der Waals surface area contributed by atoms with Gasteiger partial charge in [0, 0.05) is 23.6 Å². The molecule has 18 heavy (non-hydrogen) atoms. The molecule has 3 nitrogen and oxygen atoms in total. The Bertz CT molecular complexity index is 475. The van der Waals surface area contributed by atoms with Crippen LogP contribution < -0.4 is 0 Å². The molecule has 0 spiro atoms. The van der Waals surface area contributed by atoms with E-state index in [2.05, 4.69) is 22.0 Å². The first-order valence-corrected chi connectivity index (χ1v) is 6.61. The van der Waals surface area contributed by atoms with Crippen LogP contribution >= 0.6 is 15.9 Å². The molecule has 1 aromatic carbocycles. The molecule has 0 aliphatic carbocycles. The highest BCUT2D eigenvalue weighted by Gasteiger charge is 2.31. The van der Waals surface area contributed by atoms with Crippen molar-refractivity contribution < 1.29 is 9.50 Å². The lowest BCUT2D eigenvalue weighted by Crippen LogP contribution is -2.31. The lowest BCUT2D eigenvalue weighted by molar-refractivity contribution is 0.153. The van der Waals surface area contributed by atoms with Gasteiger partial charge in [-0.15, -0.1) is 0 Å². The predicted octanol–water partition coefficient (Wildman–Crippen LogP) is 2.23. The minimum Gasteiger partial charge on any atom is -0.395 e. The normalized spacial score (nSPS) is 24.1. The highest BCUT2D eigenvalue weighted by molar-refractivity contribution is 9.10. The minimum atomic E-state index is -0.862. The molecule has 1 heterocycles. The molecule has 0 saturated carbocycles. The number of aliphatic hydroxyl groups is 1. The molecule has 0 amide bonds. The quantitative estimate of drug-likeness (QED) is 0.931. The van der Waals surface area contributed by atoms with E-state index in [0.717, 1.165) is 10.0 Å². The molecule has 1 aliphatic heterocycles. The molecule has 0 bridgehead atoms. The van der Waals surface area contributed by atoms with Crippen molar-refractivity contribution in [2.24, 2.45) is 0 Å². The van der Waals surface area contributed by atoms with Crippen molar-refractivity contribution in [1.82, 2.24) is 4.90 Å². The lowest BCUT2D eigenvalue weighted by atomic mass is 10.1. The summed E-state index contributed by atoms with van der Waals surface area (Å²) in [4.78, 5) is 1.94. The third-order valence-corrected chi connectivity index (χ3v) is 3.98. The first-order chi connectivity index (χ1) is 8.63. The van der Waals surface area contributed by atoms with Gasteiger partial charge >= 0.3 is 0 Å². The minimum absolute atomic E-state index is 0.0195. The Morgan fingerprint density at radius 1 is 1.56 bits per heavy atom. The van der Waals surface area contributed by atoms with Crippen LogP contribution in [-0.4, -0.2) is 35.4 Å². The second-order valence-electron chi connectivity index (χ2n) is 4.52. The summed E-state index contributed by atoms with van der Waals surface area (Å²) < 4.78 is 14.2. The van der Waals surface area contributed by atoms with E-state index in [1.54, 1.807) is 12.1 Å². The number of rotatable bonds is 3. The van der Waals surface area contributed by atoms with Crippen LogP contribution in [0.4, 0.5) is 4.39 Å². The smallest absolute Gasteiger partial charge is 0.114 e. The molecule has 96 valence electrons. The van der Waals surface area contributed by atoms with Crippen molar-refractivity contribution in [1.29, 1.82) is 5.26 Å². The summed E-state index contributed by atoms with van der Waals surface area (Å²) >= 11 is 3.42. The highest BCUT2D eigenvalue weighted by Crippen LogP contribution is 2.26. The number of nitrogens with zero attached hydrogens (tertiary/aromatic N) is 2. The highest BCUT2D eigenvalue weighted by atomic mass is 79.9. The average Bonchev–Trinajstić information content (AvgIpc) is 2.72. The molecule has 1 fully saturated rings. The van der Waals surface area contributed by atoms with Gasteiger partial charge in [-0.3, -0.25) is 4.90 Å². The molecule has 1 aliphatic rings. The van der Waals surface area contributed by atoms with Crippen LogP contribution in [0, 0.1) is 11.3 Å². The van der Waals surface area contributed by atoms with E-state index in [-0.39, 0.29) is 12.6 Å². The number of nitriles is 1. The summed E-state index contributed by atoms with van der Waals surface area (Å²) in [6.07, 6.45) is -0.469. The molecule has 1 N–H and O–H groups in total. The van der Waals surface area contributed by atoms with E-state index >= 15 is 0 Å². The van der Waals surface area contributed by atoms with Crippen molar-refractivity contribution in [3.63, 3.8) is 0 Å². The summed E-state index contributed by atoms with van der Waals surface area (Å²) in [5.41, 5.74) is 1.59. The Labute approximate surface area is 114 Å². The molecule has 2 atom stereocenters. The first-order valence-electron chi connectivity index (χ1n) is 5.81. The van der Waals surface area contributed by atoms with Gasteiger partial charge in [0.2, 0.25) is 0 Å². The van der Waals surface area contributed by atoms with Gasteiger partial charge in [-0.05, 0) is 24.1 Å². The fourth-order valence-corrected chi connectivity index (χ4v) is 2.77. The number of likely N-dealkylation sites (tertiary alicyclic amines) is 1. The maximum absolute atomic E-state index is 13.3. The molecule has 5 heteroatoms. The predicted molar refractivity (Wildman–Crippen MR) is 69.7 cm³/mol. The van der Waals surface area contributed by atoms with E-state index in [1.807, 2.05) is 11.0 Å². The zero-order chi connectivity index (χ0) is 13.1. The summed E-state index contributed by atoms with van der Waals surface area (Å²) in [7, 11) is 0. The van der Waals surface area contributed by atoms with Crippen LogP contribution in [0.1, 0.15) is 17.5 Å². The van der Waals surface area contributed by atoms with Gasteiger partial charge in [0.1, 0.15) is 6.17 Å². The van der Waals surface area contributed by atoms with E-state index in [1.165, 1.54) is 0 Å². The fourth-order valence-electron chi connectivity index (χ4n) is 2.27. The Balaban J connectivity index is 2.12. The fraction of sp³-hybridized carbons (Fsp3) is 0.462. The Kier molecular flexibility index (Phi) is 4.33. The summed E-state index contributed by atoms with van der Waals surface area (Å²) in [5.74, 6) is 0. The maximum Gasteiger partial charge on any atom is 0.114 e. The van der Waals surface area contributed by atoms with Crippen LogP contribution in [0.25, 0.3) is 0 Å². The van der Waals surface area contributed by atoms with E-state index in [9.17, 15) is 9.50 Å². The monoisotopic (exact) mass is 312 g/mol. The molecule has 1 saturated heterocycles. The summed E-state index contributed by atoms with van der Waals surface area (Å²) in [6.45, 7) is 0.921. The Morgan fingerprint density at radius 3 is 2.94 bits per heavy atom. The van der Waals surface area contributed by atoms with E-state index in [0.29, 0.717) is 25.1 Å². The molecule has 2 rings (SSSR count). The van der Waals surface area contributed by atoms with E-state index < -0.39 is 6.17 Å². The molecule has 0 unspecified atom stereocenters. The maximum atomic E-state index is 13.3. The third kappa shape index (κ3) is 2.89. The van der Waals surface area contributed by atoms with Crippen LogP contribution in [0.15, 0.2) is 22.7 Å². The van der Waals surface area contributed by atoms with Crippen LogP contribution in [0.5, 0.6) is 0 Å². The number of hydrogen-bond acceptors (Lipinski definition) is 3. The van der Waals surface area contributed by atoms with Gasteiger partial charge in [0.05, 0.1) is 18.2 Å². The van der Waals surface area contributed by atoms with Gasteiger partial charge in [-0.25, -0.2) is 4.39 Å². The summed E-state index contributed by atoms with van der Waals surface area (Å²) in [5, 5.41) is 18.0. The van der Waals surface area contributed by atoms with Crippen LogP contribution in [0.2, 0.25) is 0 Å². The van der Waals surface area contributed by atoms with E-state index in [4.69, 9.17) is 5.26 Å². The Morgan fingerprint density at radius 2 is 2.33 bits per heavy atom. The average molecular weight is 313 g/mol. The number of alkyl halides is 1. The second kappa shape index (κ2) is 5.79. The number of halogens is 2. The lowest BCUT2D eigenvalue weighted by Gasteiger charge is -2.22. The summed E-state index contributed by atoms with van der Waals surface area (Å²) in [6, 6.07) is 7.33. The van der Waals surface area contributed by atoms with Gasteiger partial charge in [0.25, 0.3) is 0 Å². The zero-order valence-electron chi connectivity index (χ0n) is 9.81. The van der Waals surface area contributed by atoms with Crippen molar-refractivity contribution in [2.45, 2.75) is 25.2 Å². The van der Waals surface area contributed by atoms with Gasteiger partial charge in [-0.1, -0.05) is 22.0 Å². The molecule has 0 aromatic heterocycles. The number of aliphatic hydroxyl groups excluding tert-OH is 1. The van der Waals surface area contributed by atoms with Gasteiger partial charge in [-0.2, -0.15) is 5.26 Å². The SMILES string of the molecule is N#Cc1ccc(CN2C[C@@H](F)C[C@H]2CO)c(Br)c1. The topological polar surface area (TPSA) is 47.3 Å². The molecule has 0 radical (unpaired) electrons. The van der Waals surface area contributed by atoms with Gasteiger partial charge in [0.15, 0.2) is 0 Å². The third-order valence-electron chi connectivity index (χ3n) is 3.24. The number of hydrogen-bond donors (Lipinski definition) is 1. The second-order valence-corrected chi connectivity index (χ2v) is 5.37. The van der Waals surface area contributed by atoms with Gasteiger partial charge < -0.3 is 5.11 Å². The number of benzene rings is 1. The van der Waals surface area contributed by atoms with Crippen molar-refractivity contribution >= 4 is 15.9 Å². The molecule has 1 aromatic rings. The Hall–Kier alpha value is -0.960. The van der Waals surface area contributed by atoms with Crippen molar-refractivity contribution in [3.8, 4) is 6.07 Å². The van der Waals surface area contributed by atoms with Crippen molar-refractivity contribution in [2.75, 3.05) is 13.2 Å². The largest absolute Gasteiger partial charge is 0.395 e. The van der Waals surface area contributed by atoms with Crippen LogP contribution in [0.3, 0.4) is 0 Å². The van der Waals surface area contributed by atoms with Crippen LogP contribution in [-0.2, 0) is 6.54 Å².